The first-order valence-electron chi connectivity index (χ1n) is 8.77. The van der Waals surface area contributed by atoms with E-state index < -0.39 is 0 Å². The average Bonchev–Trinajstić information content (AvgIpc) is 3.12. The van der Waals surface area contributed by atoms with E-state index in [1.165, 1.54) is 0 Å². The topological polar surface area (TPSA) is 88.4 Å². The van der Waals surface area contributed by atoms with Gasteiger partial charge in [0.05, 0.1) is 18.8 Å². The van der Waals surface area contributed by atoms with Crippen LogP contribution in [0, 0.1) is 0 Å². The van der Waals surface area contributed by atoms with Gasteiger partial charge in [0.2, 0.25) is 11.8 Å². The van der Waals surface area contributed by atoms with Gasteiger partial charge < -0.3 is 19.9 Å². The molecule has 0 aliphatic carbocycles. The molecule has 2 amide bonds. The van der Waals surface area contributed by atoms with Gasteiger partial charge in [-0.3, -0.25) is 4.68 Å². The van der Waals surface area contributed by atoms with Crippen molar-refractivity contribution in [3.63, 3.8) is 0 Å². The number of anilines is 1. The van der Waals surface area contributed by atoms with Gasteiger partial charge in [-0.2, -0.15) is 10.1 Å². The highest BCUT2D eigenvalue weighted by Gasteiger charge is 2.25. The zero-order chi connectivity index (χ0) is 18.5. The second-order valence-electron chi connectivity index (χ2n) is 6.16. The number of amides is 2. The fraction of sp³-hybridized carbons (Fsp3) is 0.529. The first kappa shape index (κ1) is 18.0. The Balaban J connectivity index is 1.57. The van der Waals surface area contributed by atoms with E-state index in [0.29, 0.717) is 38.0 Å². The number of nitrogens with zero attached hydrogens (tertiary/aromatic N) is 6. The van der Waals surface area contributed by atoms with Gasteiger partial charge in [0.25, 0.3) is 0 Å². The van der Waals surface area contributed by atoms with E-state index in [1.54, 1.807) is 30.3 Å². The third kappa shape index (κ3) is 3.87. The van der Waals surface area contributed by atoms with Crippen molar-refractivity contribution >= 4 is 12.0 Å². The predicted molar refractivity (Wildman–Crippen MR) is 97.1 cm³/mol. The molecule has 1 atom stereocenters. The van der Waals surface area contributed by atoms with Gasteiger partial charge >= 0.3 is 6.03 Å². The van der Waals surface area contributed by atoms with E-state index in [-0.39, 0.29) is 12.1 Å². The van der Waals surface area contributed by atoms with Crippen molar-refractivity contribution in [2.75, 3.05) is 38.2 Å². The molecule has 0 radical (unpaired) electrons. The molecule has 1 fully saturated rings. The highest BCUT2D eigenvalue weighted by Crippen LogP contribution is 2.17. The molecule has 1 saturated heterocycles. The lowest BCUT2D eigenvalue weighted by atomic mass is 10.1. The summed E-state index contributed by atoms with van der Waals surface area (Å²) in [6, 6.07) is 3.56. The van der Waals surface area contributed by atoms with Crippen LogP contribution in [0.2, 0.25) is 0 Å². The average molecular weight is 359 g/mol. The van der Waals surface area contributed by atoms with Crippen LogP contribution in [0.3, 0.4) is 0 Å². The molecule has 0 bridgehead atoms. The third-order valence-corrected chi connectivity index (χ3v) is 4.60. The number of hydrogen-bond acceptors (Lipinski definition) is 6. The molecular formula is C17H25N7O2. The van der Waals surface area contributed by atoms with Gasteiger partial charge in [-0.15, -0.1) is 0 Å². The van der Waals surface area contributed by atoms with E-state index in [9.17, 15) is 4.79 Å². The fourth-order valence-corrected chi connectivity index (χ4v) is 3.06. The molecule has 26 heavy (non-hydrogen) atoms. The molecule has 0 aromatic carbocycles. The van der Waals surface area contributed by atoms with Gasteiger partial charge in [-0.25, -0.2) is 9.78 Å². The second kappa shape index (κ2) is 8.03. The van der Waals surface area contributed by atoms with Crippen LogP contribution in [-0.2, 0) is 7.05 Å². The van der Waals surface area contributed by atoms with E-state index in [4.69, 9.17) is 4.74 Å². The number of methoxy groups -OCH3 is 1. The van der Waals surface area contributed by atoms with Crippen LogP contribution in [0.25, 0.3) is 0 Å². The number of rotatable bonds is 5. The van der Waals surface area contributed by atoms with Crippen molar-refractivity contribution < 1.29 is 9.53 Å². The van der Waals surface area contributed by atoms with Crippen LogP contribution < -0.4 is 15.0 Å². The molecule has 0 spiro atoms. The highest BCUT2D eigenvalue weighted by atomic mass is 16.5. The Kier molecular flexibility index (Phi) is 5.55. The summed E-state index contributed by atoms with van der Waals surface area (Å²) >= 11 is 0. The number of nitrogens with one attached hydrogen (secondary N) is 1. The van der Waals surface area contributed by atoms with E-state index in [2.05, 4.69) is 32.2 Å². The van der Waals surface area contributed by atoms with Crippen molar-refractivity contribution in [1.82, 2.24) is 30.0 Å². The monoisotopic (exact) mass is 359 g/mol. The summed E-state index contributed by atoms with van der Waals surface area (Å²) < 4.78 is 6.94. The fourth-order valence-electron chi connectivity index (χ4n) is 3.06. The number of urea groups is 1. The van der Waals surface area contributed by atoms with Crippen LogP contribution in [-0.4, -0.2) is 64.0 Å². The molecule has 9 nitrogen and oxygen atoms in total. The lowest BCUT2D eigenvalue weighted by molar-refractivity contribution is 0.189. The van der Waals surface area contributed by atoms with Crippen molar-refractivity contribution in [2.24, 2.45) is 7.05 Å². The summed E-state index contributed by atoms with van der Waals surface area (Å²) in [6.45, 7) is 4.66. The lowest BCUT2D eigenvalue weighted by Gasteiger charge is -2.35. The molecule has 140 valence electrons. The van der Waals surface area contributed by atoms with Crippen LogP contribution in [0.4, 0.5) is 10.7 Å². The first-order valence-corrected chi connectivity index (χ1v) is 8.77. The van der Waals surface area contributed by atoms with Gasteiger partial charge in [-0.05, 0) is 12.5 Å². The third-order valence-electron chi connectivity index (χ3n) is 4.60. The molecule has 1 aliphatic heterocycles. The maximum Gasteiger partial charge on any atom is 0.318 e. The Morgan fingerprint density at radius 1 is 1.27 bits per heavy atom. The Morgan fingerprint density at radius 3 is 2.65 bits per heavy atom. The first-order chi connectivity index (χ1) is 12.6. The maximum atomic E-state index is 12.6. The van der Waals surface area contributed by atoms with Crippen molar-refractivity contribution in [3.05, 3.63) is 30.2 Å². The van der Waals surface area contributed by atoms with Crippen molar-refractivity contribution in [1.29, 1.82) is 0 Å². The largest absolute Gasteiger partial charge is 0.481 e. The van der Waals surface area contributed by atoms with Gasteiger partial charge in [0.15, 0.2) is 0 Å². The minimum absolute atomic E-state index is 0.0465. The molecular weight excluding hydrogens is 334 g/mol. The number of hydrogen-bond donors (Lipinski definition) is 1. The Hall–Kier alpha value is -2.84. The number of piperazine rings is 1. The number of carbonyl (C=O) groups is 1. The number of carbonyl (C=O) groups excluding carboxylic acids is 1. The maximum absolute atomic E-state index is 12.6. The summed E-state index contributed by atoms with van der Waals surface area (Å²) in [6.07, 6.45) is 4.24. The Morgan fingerprint density at radius 2 is 2.04 bits per heavy atom. The zero-order valence-electron chi connectivity index (χ0n) is 15.4. The minimum Gasteiger partial charge on any atom is -0.481 e. The number of aromatic nitrogens is 4. The minimum atomic E-state index is -0.0516. The quantitative estimate of drug-likeness (QED) is 0.863. The van der Waals surface area contributed by atoms with Crippen LogP contribution in [0.15, 0.2) is 24.5 Å². The summed E-state index contributed by atoms with van der Waals surface area (Å²) in [4.78, 5) is 25.2. The Labute approximate surface area is 153 Å². The molecule has 9 heteroatoms. The smallest absolute Gasteiger partial charge is 0.318 e. The molecule has 1 N–H and O–H groups in total. The second-order valence-corrected chi connectivity index (χ2v) is 6.16. The molecule has 0 unspecified atom stereocenters. The normalized spacial score (nSPS) is 15.7. The van der Waals surface area contributed by atoms with Gasteiger partial charge in [-0.1, -0.05) is 6.92 Å². The van der Waals surface area contributed by atoms with Crippen molar-refractivity contribution in [2.45, 2.75) is 19.4 Å². The zero-order valence-corrected chi connectivity index (χ0v) is 15.4. The molecule has 3 rings (SSSR count). The summed E-state index contributed by atoms with van der Waals surface area (Å²) in [5.74, 6) is 1.17. The van der Waals surface area contributed by atoms with E-state index in [0.717, 1.165) is 12.1 Å². The van der Waals surface area contributed by atoms with Gasteiger partial charge in [0, 0.05) is 51.7 Å². The molecule has 2 aromatic rings. The molecule has 0 saturated carbocycles. The standard InChI is InChI=1S/C17H25N7O2/c1-4-13(14-5-8-19-22(14)2)20-17(25)24-11-9-23(10-12-24)16-18-7-6-15(21-16)26-3/h5-8,13H,4,9-12H2,1-3H3,(H,20,25)/t13-/m1/s1. The van der Waals surface area contributed by atoms with Gasteiger partial charge in [0.1, 0.15) is 0 Å². The van der Waals surface area contributed by atoms with E-state index in [1.807, 2.05) is 18.0 Å². The molecule has 1 aliphatic rings. The summed E-state index contributed by atoms with van der Waals surface area (Å²) in [5, 5.41) is 7.29. The summed E-state index contributed by atoms with van der Waals surface area (Å²) in [7, 11) is 3.47. The number of ether oxygens (including phenoxy) is 1. The SMILES string of the molecule is CC[C@@H](NC(=O)N1CCN(c2nccc(OC)n2)CC1)c1ccnn1C. The van der Waals surface area contributed by atoms with Crippen molar-refractivity contribution in [3.8, 4) is 5.88 Å². The summed E-state index contributed by atoms with van der Waals surface area (Å²) in [5.41, 5.74) is 1.00. The van der Waals surface area contributed by atoms with Crippen LogP contribution >= 0.6 is 0 Å². The van der Waals surface area contributed by atoms with Crippen LogP contribution in [0.1, 0.15) is 25.1 Å². The van der Waals surface area contributed by atoms with E-state index >= 15 is 0 Å². The lowest BCUT2D eigenvalue weighted by Crippen LogP contribution is -2.52. The molecule has 3 heterocycles. The Bertz CT molecular complexity index is 740. The van der Waals surface area contributed by atoms with Crippen LogP contribution in [0.5, 0.6) is 5.88 Å². The molecule has 2 aromatic heterocycles. The highest BCUT2D eigenvalue weighted by molar-refractivity contribution is 5.75. The number of aryl methyl sites for hydroxylation is 1. The predicted octanol–water partition coefficient (Wildman–Crippen LogP) is 1.20.